The van der Waals surface area contributed by atoms with Crippen LogP contribution in [0.5, 0.6) is 0 Å². The number of Topliss-reactive ketones (excluding diaryl/α,β-unsaturated/α-hetero) is 1. The summed E-state index contributed by atoms with van der Waals surface area (Å²) in [5.74, 6) is 0.245. The summed E-state index contributed by atoms with van der Waals surface area (Å²) in [6.45, 7) is 2.05. The van der Waals surface area contributed by atoms with Crippen LogP contribution < -0.4 is 0 Å². The van der Waals surface area contributed by atoms with Gasteiger partial charge in [-0.3, -0.25) is 4.79 Å². The first-order valence-electron chi connectivity index (χ1n) is 6.48. The average Bonchev–Trinajstić information content (AvgIpc) is 2.80. The molecule has 3 rings (SSSR count). The van der Waals surface area contributed by atoms with Gasteiger partial charge in [-0.15, -0.1) is 0 Å². The number of hydrogen-bond acceptors (Lipinski definition) is 2. The first-order chi connectivity index (χ1) is 9.08. The van der Waals surface area contributed by atoms with Crippen LogP contribution in [-0.4, -0.2) is 15.8 Å². The number of imidazole rings is 1. The summed E-state index contributed by atoms with van der Waals surface area (Å²) in [4.78, 5) is 18.8. The largest absolute Gasteiger partial charge is 0.337 e. The average molecular weight is 272 g/mol. The number of ketones is 1. The molecule has 0 spiro atoms. The predicted octanol–water partition coefficient (Wildman–Crippen LogP) is 3.45. The molecule has 1 aromatic carbocycles. The van der Waals surface area contributed by atoms with Crippen molar-refractivity contribution in [1.82, 2.24) is 9.97 Å². The molecule has 1 atom stereocenters. The van der Waals surface area contributed by atoms with Gasteiger partial charge in [0.15, 0.2) is 10.6 Å². The monoisotopic (exact) mass is 272 g/mol. The maximum Gasteiger partial charge on any atom is 0.174 e. The quantitative estimate of drug-likeness (QED) is 0.823. The highest BCUT2D eigenvalue weighted by molar-refractivity contribution is 7.71. The topological polar surface area (TPSA) is 48.6 Å². The number of benzene rings is 1. The van der Waals surface area contributed by atoms with E-state index < -0.39 is 0 Å². The summed E-state index contributed by atoms with van der Waals surface area (Å²) in [6.07, 6.45) is 4.41. The molecule has 3 nitrogen and oxygen atoms in total. The summed E-state index contributed by atoms with van der Waals surface area (Å²) < 4.78 is 0.613. The molecule has 0 saturated carbocycles. The number of hydrogen-bond donors (Lipinski definition) is 2. The molecule has 1 heterocycles. The summed E-state index contributed by atoms with van der Waals surface area (Å²) in [5.41, 5.74) is 2.71. The standard InChI is InChI=1S/C15H16N2OS/c1-15(8-11-9-16-14(19)17-11)7-6-10-4-2-3-5-12(10)13(15)18/h2-5,9H,6-8H2,1H3,(H2,16,17,19)/t15-/m1/s1. The van der Waals surface area contributed by atoms with Crippen molar-refractivity contribution in [3.8, 4) is 0 Å². The first-order valence-corrected chi connectivity index (χ1v) is 6.89. The molecule has 0 aliphatic heterocycles. The summed E-state index contributed by atoms with van der Waals surface area (Å²) in [7, 11) is 0. The van der Waals surface area contributed by atoms with Crippen molar-refractivity contribution in [3.05, 3.63) is 52.1 Å². The highest BCUT2D eigenvalue weighted by Gasteiger charge is 2.38. The van der Waals surface area contributed by atoms with Crippen molar-refractivity contribution in [2.45, 2.75) is 26.2 Å². The zero-order chi connectivity index (χ0) is 13.5. The first kappa shape index (κ1) is 12.4. The Bertz CT molecular complexity index is 685. The third kappa shape index (κ3) is 2.16. The van der Waals surface area contributed by atoms with Crippen molar-refractivity contribution in [2.24, 2.45) is 5.41 Å². The molecule has 0 saturated heterocycles. The van der Waals surface area contributed by atoms with E-state index in [4.69, 9.17) is 12.2 Å². The van der Waals surface area contributed by atoms with Crippen LogP contribution in [0.25, 0.3) is 0 Å². The third-order valence-electron chi connectivity index (χ3n) is 3.99. The van der Waals surface area contributed by atoms with Gasteiger partial charge in [0, 0.05) is 29.3 Å². The normalized spacial score (nSPS) is 22.3. The van der Waals surface area contributed by atoms with Gasteiger partial charge in [0.1, 0.15) is 0 Å². The smallest absolute Gasteiger partial charge is 0.174 e. The fourth-order valence-electron chi connectivity index (χ4n) is 2.86. The van der Waals surface area contributed by atoms with Gasteiger partial charge in [0.25, 0.3) is 0 Å². The Kier molecular flexibility index (Phi) is 2.90. The van der Waals surface area contributed by atoms with Crippen LogP contribution in [-0.2, 0) is 12.8 Å². The van der Waals surface area contributed by atoms with Crippen LogP contribution in [0, 0.1) is 10.2 Å². The molecule has 2 N–H and O–H groups in total. The lowest BCUT2D eigenvalue weighted by atomic mass is 9.69. The van der Waals surface area contributed by atoms with E-state index in [1.165, 1.54) is 5.56 Å². The van der Waals surface area contributed by atoms with Gasteiger partial charge in [-0.05, 0) is 30.6 Å². The van der Waals surface area contributed by atoms with Crippen molar-refractivity contribution in [3.63, 3.8) is 0 Å². The van der Waals surface area contributed by atoms with Crippen LogP contribution in [0.15, 0.2) is 30.5 Å². The van der Waals surface area contributed by atoms with Crippen LogP contribution in [0.3, 0.4) is 0 Å². The summed E-state index contributed by atoms with van der Waals surface area (Å²) in [6, 6.07) is 7.93. The second-order valence-corrected chi connectivity index (χ2v) is 5.90. The van der Waals surface area contributed by atoms with E-state index in [0.717, 1.165) is 24.1 Å². The minimum atomic E-state index is -0.338. The molecule has 0 amide bonds. The maximum absolute atomic E-state index is 12.7. The van der Waals surface area contributed by atoms with Crippen molar-refractivity contribution in [2.75, 3.05) is 0 Å². The number of rotatable bonds is 2. The molecular formula is C15H16N2OS. The lowest BCUT2D eigenvalue weighted by Crippen LogP contribution is -2.35. The lowest BCUT2D eigenvalue weighted by Gasteiger charge is -2.32. The predicted molar refractivity (Wildman–Crippen MR) is 76.9 cm³/mol. The van der Waals surface area contributed by atoms with E-state index in [-0.39, 0.29) is 11.2 Å². The molecule has 1 aromatic heterocycles. The Morgan fingerprint density at radius 3 is 2.89 bits per heavy atom. The highest BCUT2D eigenvalue weighted by atomic mass is 32.1. The van der Waals surface area contributed by atoms with Gasteiger partial charge in [0.2, 0.25) is 0 Å². The molecule has 1 aliphatic rings. The highest BCUT2D eigenvalue weighted by Crippen LogP contribution is 2.37. The minimum Gasteiger partial charge on any atom is -0.337 e. The second-order valence-electron chi connectivity index (χ2n) is 5.49. The number of aromatic amines is 2. The molecule has 19 heavy (non-hydrogen) atoms. The fourth-order valence-corrected chi connectivity index (χ4v) is 3.05. The second kappa shape index (κ2) is 4.46. The van der Waals surface area contributed by atoms with Gasteiger partial charge in [-0.1, -0.05) is 31.2 Å². The molecule has 0 unspecified atom stereocenters. The Morgan fingerprint density at radius 2 is 2.16 bits per heavy atom. The van der Waals surface area contributed by atoms with Gasteiger partial charge >= 0.3 is 0 Å². The van der Waals surface area contributed by atoms with E-state index in [9.17, 15) is 4.79 Å². The maximum atomic E-state index is 12.7. The number of aromatic nitrogens is 2. The number of fused-ring (bicyclic) bond motifs is 1. The van der Waals surface area contributed by atoms with E-state index in [2.05, 4.69) is 23.0 Å². The molecular weight excluding hydrogens is 256 g/mol. The SMILES string of the molecule is C[C@]1(Cc2c[nH]c(=S)[nH]2)CCc2ccccc2C1=O. The molecule has 98 valence electrons. The molecule has 0 radical (unpaired) electrons. The number of H-pyrrole nitrogens is 2. The summed E-state index contributed by atoms with van der Waals surface area (Å²) in [5, 5.41) is 0. The Labute approximate surface area is 117 Å². The number of nitrogens with one attached hydrogen (secondary N) is 2. The van der Waals surface area contributed by atoms with E-state index in [1.807, 2.05) is 24.4 Å². The molecule has 0 bridgehead atoms. The molecule has 0 fully saturated rings. The molecule has 4 heteroatoms. The zero-order valence-corrected chi connectivity index (χ0v) is 11.6. The van der Waals surface area contributed by atoms with E-state index >= 15 is 0 Å². The Morgan fingerprint density at radius 1 is 1.37 bits per heavy atom. The Balaban J connectivity index is 1.94. The van der Waals surface area contributed by atoms with Crippen LogP contribution in [0.1, 0.15) is 35.0 Å². The van der Waals surface area contributed by atoms with Crippen molar-refractivity contribution < 1.29 is 4.79 Å². The number of carbonyl (C=O) groups excluding carboxylic acids is 1. The fraction of sp³-hybridized carbons (Fsp3) is 0.333. The lowest BCUT2D eigenvalue weighted by molar-refractivity contribution is 0.0783. The molecule has 2 aromatic rings. The van der Waals surface area contributed by atoms with Crippen LogP contribution in [0.2, 0.25) is 0 Å². The van der Waals surface area contributed by atoms with Crippen LogP contribution in [0.4, 0.5) is 0 Å². The van der Waals surface area contributed by atoms with E-state index in [0.29, 0.717) is 11.2 Å². The van der Waals surface area contributed by atoms with Gasteiger partial charge in [-0.2, -0.15) is 0 Å². The third-order valence-corrected chi connectivity index (χ3v) is 4.21. The molecule has 1 aliphatic carbocycles. The van der Waals surface area contributed by atoms with Gasteiger partial charge < -0.3 is 9.97 Å². The van der Waals surface area contributed by atoms with Crippen molar-refractivity contribution >= 4 is 18.0 Å². The minimum absolute atomic E-state index is 0.245. The van der Waals surface area contributed by atoms with E-state index in [1.54, 1.807) is 0 Å². The van der Waals surface area contributed by atoms with Crippen LogP contribution >= 0.6 is 12.2 Å². The Hall–Kier alpha value is -1.68. The number of aryl methyl sites for hydroxylation is 1. The van der Waals surface area contributed by atoms with Crippen molar-refractivity contribution in [1.29, 1.82) is 0 Å². The van der Waals surface area contributed by atoms with Gasteiger partial charge in [-0.25, -0.2) is 0 Å². The number of carbonyl (C=O) groups is 1. The van der Waals surface area contributed by atoms with Gasteiger partial charge in [0.05, 0.1) is 0 Å². The summed E-state index contributed by atoms with van der Waals surface area (Å²) >= 11 is 5.03. The zero-order valence-electron chi connectivity index (χ0n) is 10.8.